The molecular weight excluding hydrogens is 200 g/mol. The summed E-state index contributed by atoms with van der Waals surface area (Å²) < 4.78 is 5.38. The first-order valence-corrected chi connectivity index (χ1v) is 4.67. The van der Waals surface area contributed by atoms with Crippen LogP contribution in [0.15, 0.2) is 30.4 Å². The summed E-state index contributed by atoms with van der Waals surface area (Å²) >= 11 is 5.93. The van der Waals surface area contributed by atoms with Gasteiger partial charge in [0, 0.05) is 0 Å². The third-order valence-corrected chi connectivity index (χ3v) is 1.95. The van der Waals surface area contributed by atoms with Gasteiger partial charge >= 0.3 is 0 Å². The molecule has 0 heterocycles. The summed E-state index contributed by atoms with van der Waals surface area (Å²) in [5.41, 5.74) is 1.71. The Labute approximate surface area is 88.8 Å². The Hall–Kier alpha value is -0.990. The second-order valence-electron chi connectivity index (χ2n) is 3.17. The van der Waals surface area contributed by atoms with Gasteiger partial charge in [0.15, 0.2) is 0 Å². The molecule has 0 aliphatic rings. The van der Waals surface area contributed by atoms with E-state index in [1.54, 1.807) is 18.2 Å². The van der Waals surface area contributed by atoms with Gasteiger partial charge in [0.1, 0.15) is 12.4 Å². The highest BCUT2D eigenvalue weighted by molar-refractivity contribution is 6.32. The molecule has 76 valence electrons. The zero-order valence-electron chi connectivity index (χ0n) is 8.09. The lowest BCUT2D eigenvalue weighted by atomic mass is 10.2. The van der Waals surface area contributed by atoms with E-state index in [-0.39, 0.29) is 6.61 Å². The van der Waals surface area contributed by atoms with Crippen LogP contribution >= 0.6 is 11.6 Å². The average molecular weight is 213 g/mol. The zero-order valence-corrected chi connectivity index (χ0v) is 8.84. The molecular formula is C11H13ClO2. The van der Waals surface area contributed by atoms with Crippen molar-refractivity contribution in [2.45, 2.75) is 13.5 Å². The van der Waals surface area contributed by atoms with E-state index in [1.165, 1.54) is 0 Å². The monoisotopic (exact) mass is 212 g/mol. The molecule has 0 aliphatic carbocycles. The zero-order chi connectivity index (χ0) is 10.6. The molecule has 0 amide bonds. The number of aliphatic hydroxyl groups is 1. The molecule has 0 fully saturated rings. The first-order chi connectivity index (χ1) is 6.63. The Morgan fingerprint density at radius 1 is 1.57 bits per heavy atom. The van der Waals surface area contributed by atoms with Gasteiger partial charge in [0.05, 0.1) is 11.6 Å². The van der Waals surface area contributed by atoms with E-state index in [2.05, 4.69) is 6.58 Å². The summed E-state index contributed by atoms with van der Waals surface area (Å²) in [6.07, 6.45) is 0. The van der Waals surface area contributed by atoms with Crippen LogP contribution < -0.4 is 4.74 Å². The summed E-state index contributed by atoms with van der Waals surface area (Å²) in [6, 6.07) is 5.21. The number of halogens is 1. The van der Waals surface area contributed by atoms with Crippen molar-refractivity contribution in [3.63, 3.8) is 0 Å². The SMILES string of the molecule is C=C(C)COc1ccc(CO)cc1Cl. The molecule has 2 nitrogen and oxygen atoms in total. The Morgan fingerprint density at radius 2 is 2.29 bits per heavy atom. The summed E-state index contributed by atoms with van der Waals surface area (Å²) in [5, 5.41) is 9.37. The van der Waals surface area contributed by atoms with E-state index >= 15 is 0 Å². The third-order valence-electron chi connectivity index (χ3n) is 1.65. The van der Waals surface area contributed by atoms with Crippen molar-refractivity contribution in [2.24, 2.45) is 0 Å². The number of aliphatic hydroxyl groups excluding tert-OH is 1. The maximum Gasteiger partial charge on any atom is 0.138 e. The molecule has 0 atom stereocenters. The Bertz CT molecular complexity index is 334. The topological polar surface area (TPSA) is 29.5 Å². The van der Waals surface area contributed by atoms with Crippen molar-refractivity contribution in [1.29, 1.82) is 0 Å². The number of hydrogen-bond acceptors (Lipinski definition) is 2. The molecule has 0 bridgehead atoms. The highest BCUT2D eigenvalue weighted by atomic mass is 35.5. The second-order valence-corrected chi connectivity index (χ2v) is 3.58. The standard InChI is InChI=1S/C11H13ClO2/c1-8(2)7-14-11-4-3-9(6-13)5-10(11)12/h3-5,13H,1,6-7H2,2H3. The van der Waals surface area contributed by atoms with Crippen LogP contribution in [0.2, 0.25) is 5.02 Å². The Kier molecular flexibility index (Phi) is 3.98. The van der Waals surface area contributed by atoms with Gasteiger partial charge in [0.25, 0.3) is 0 Å². The molecule has 0 unspecified atom stereocenters. The van der Waals surface area contributed by atoms with E-state index in [4.69, 9.17) is 21.4 Å². The quantitative estimate of drug-likeness (QED) is 0.778. The molecule has 0 radical (unpaired) electrons. The maximum absolute atomic E-state index is 8.86. The van der Waals surface area contributed by atoms with Gasteiger partial charge in [-0.25, -0.2) is 0 Å². The summed E-state index contributed by atoms with van der Waals surface area (Å²) in [4.78, 5) is 0. The molecule has 1 rings (SSSR count). The van der Waals surface area contributed by atoms with Crippen LogP contribution in [0.4, 0.5) is 0 Å². The molecule has 14 heavy (non-hydrogen) atoms. The fourth-order valence-electron chi connectivity index (χ4n) is 0.961. The van der Waals surface area contributed by atoms with E-state index in [9.17, 15) is 0 Å². The first kappa shape index (κ1) is 11.1. The van der Waals surface area contributed by atoms with Crippen LogP contribution in [0.5, 0.6) is 5.75 Å². The van der Waals surface area contributed by atoms with E-state index in [1.807, 2.05) is 6.92 Å². The molecule has 0 spiro atoms. The van der Waals surface area contributed by atoms with Crippen molar-refractivity contribution < 1.29 is 9.84 Å². The van der Waals surface area contributed by atoms with Crippen LogP contribution in [0.25, 0.3) is 0 Å². The molecule has 1 aromatic rings. The highest BCUT2D eigenvalue weighted by Gasteiger charge is 2.02. The predicted molar refractivity (Wildman–Crippen MR) is 57.7 cm³/mol. The lowest BCUT2D eigenvalue weighted by Crippen LogP contribution is -1.98. The van der Waals surface area contributed by atoms with E-state index in [0.29, 0.717) is 17.4 Å². The minimum Gasteiger partial charge on any atom is -0.488 e. The minimum atomic E-state index is -0.0134. The molecule has 1 aromatic carbocycles. The van der Waals surface area contributed by atoms with Crippen molar-refractivity contribution >= 4 is 11.6 Å². The first-order valence-electron chi connectivity index (χ1n) is 4.30. The van der Waals surface area contributed by atoms with Gasteiger partial charge in [0.2, 0.25) is 0 Å². The van der Waals surface area contributed by atoms with Crippen molar-refractivity contribution in [3.8, 4) is 5.75 Å². The predicted octanol–water partition coefficient (Wildman–Crippen LogP) is 2.79. The molecule has 1 N–H and O–H groups in total. The fourth-order valence-corrected chi connectivity index (χ4v) is 1.22. The third kappa shape index (κ3) is 3.05. The average Bonchev–Trinajstić information content (AvgIpc) is 2.15. The van der Waals surface area contributed by atoms with Gasteiger partial charge in [-0.1, -0.05) is 24.2 Å². The Balaban J connectivity index is 2.73. The lowest BCUT2D eigenvalue weighted by Gasteiger charge is -2.08. The largest absolute Gasteiger partial charge is 0.488 e. The molecule has 0 aliphatic heterocycles. The minimum absolute atomic E-state index is 0.0134. The molecule has 0 aromatic heterocycles. The van der Waals surface area contributed by atoms with Crippen LogP contribution in [0.3, 0.4) is 0 Å². The van der Waals surface area contributed by atoms with Gasteiger partial charge in [-0.05, 0) is 30.2 Å². The molecule has 3 heteroatoms. The van der Waals surface area contributed by atoms with Gasteiger partial charge in [-0.3, -0.25) is 0 Å². The summed E-state index contributed by atoms with van der Waals surface area (Å²) in [7, 11) is 0. The molecule has 0 saturated carbocycles. The maximum atomic E-state index is 8.86. The number of ether oxygens (including phenoxy) is 1. The number of hydrogen-bond donors (Lipinski definition) is 1. The van der Waals surface area contributed by atoms with Crippen LogP contribution in [0.1, 0.15) is 12.5 Å². The van der Waals surface area contributed by atoms with E-state index in [0.717, 1.165) is 11.1 Å². The fraction of sp³-hybridized carbons (Fsp3) is 0.273. The van der Waals surface area contributed by atoms with Gasteiger partial charge < -0.3 is 9.84 Å². The van der Waals surface area contributed by atoms with Crippen molar-refractivity contribution in [2.75, 3.05) is 6.61 Å². The molecule has 0 saturated heterocycles. The number of benzene rings is 1. The van der Waals surface area contributed by atoms with Gasteiger partial charge in [-0.2, -0.15) is 0 Å². The number of rotatable bonds is 4. The van der Waals surface area contributed by atoms with Crippen molar-refractivity contribution in [1.82, 2.24) is 0 Å². The highest BCUT2D eigenvalue weighted by Crippen LogP contribution is 2.25. The smallest absolute Gasteiger partial charge is 0.138 e. The lowest BCUT2D eigenvalue weighted by molar-refractivity contribution is 0.281. The van der Waals surface area contributed by atoms with Crippen LogP contribution in [-0.2, 0) is 6.61 Å². The summed E-state index contributed by atoms with van der Waals surface area (Å²) in [5.74, 6) is 0.617. The van der Waals surface area contributed by atoms with Crippen LogP contribution in [-0.4, -0.2) is 11.7 Å². The van der Waals surface area contributed by atoms with Crippen LogP contribution in [0, 0.1) is 0 Å². The van der Waals surface area contributed by atoms with Crippen molar-refractivity contribution in [3.05, 3.63) is 40.9 Å². The Morgan fingerprint density at radius 3 is 2.79 bits per heavy atom. The van der Waals surface area contributed by atoms with Gasteiger partial charge in [-0.15, -0.1) is 0 Å². The summed E-state index contributed by atoms with van der Waals surface area (Å²) in [6.45, 7) is 6.05. The normalized spacial score (nSPS) is 9.93. The van der Waals surface area contributed by atoms with E-state index < -0.39 is 0 Å². The second kappa shape index (κ2) is 5.03.